The Morgan fingerprint density at radius 3 is 2.71 bits per heavy atom. The minimum Gasteiger partial charge on any atom is -0.368 e. The summed E-state index contributed by atoms with van der Waals surface area (Å²) in [7, 11) is 0. The molecule has 1 saturated heterocycles. The van der Waals surface area contributed by atoms with Crippen molar-refractivity contribution in [3.63, 3.8) is 0 Å². The molecule has 1 aliphatic rings. The smallest absolute Gasteiger partial charge is 0.206 e. The van der Waals surface area contributed by atoms with Gasteiger partial charge in [0.2, 0.25) is 5.82 Å². The van der Waals surface area contributed by atoms with Gasteiger partial charge in [0, 0.05) is 37.4 Å². The van der Waals surface area contributed by atoms with E-state index in [0.29, 0.717) is 11.7 Å². The second-order valence-electron chi connectivity index (χ2n) is 5.92. The Labute approximate surface area is 124 Å². The van der Waals surface area contributed by atoms with Crippen molar-refractivity contribution in [2.75, 3.05) is 31.1 Å². The molecule has 1 aromatic heterocycles. The number of tetrazole rings is 1. The maximum atomic E-state index is 4.14. The topological polar surface area (TPSA) is 69.7 Å². The monoisotopic (exact) mass is 286 g/mol. The van der Waals surface area contributed by atoms with Crippen molar-refractivity contribution in [2.45, 2.75) is 20.3 Å². The number of benzene rings is 1. The number of aromatic amines is 1. The van der Waals surface area contributed by atoms with Crippen LogP contribution in [0.15, 0.2) is 18.2 Å². The number of nitrogens with one attached hydrogen (secondary N) is 2. The summed E-state index contributed by atoms with van der Waals surface area (Å²) in [6, 6.07) is 6.59. The molecule has 6 nitrogen and oxygen atoms in total. The van der Waals surface area contributed by atoms with E-state index in [1.165, 1.54) is 11.3 Å². The van der Waals surface area contributed by atoms with Crippen LogP contribution in [-0.2, 0) is 6.42 Å². The van der Waals surface area contributed by atoms with Gasteiger partial charge in [-0.1, -0.05) is 19.9 Å². The van der Waals surface area contributed by atoms with Crippen LogP contribution in [0.4, 0.5) is 5.69 Å². The highest BCUT2D eigenvalue weighted by Gasteiger charge is 2.18. The molecule has 0 spiro atoms. The van der Waals surface area contributed by atoms with Gasteiger partial charge in [0.05, 0.1) is 0 Å². The largest absolute Gasteiger partial charge is 0.368 e. The van der Waals surface area contributed by atoms with Crippen LogP contribution in [0, 0.1) is 5.92 Å². The molecule has 0 amide bonds. The molecule has 0 saturated carbocycles. The van der Waals surface area contributed by atoms with Crippen LogP contribution in [0.25, 0.3) is 11.4 Å². The molecule has 1 aliphatic heterocycles. The van der Waals surface area contributed by atoms with Gasteiger partial charge in [-0.2, -0.15) is 5.21 Å². The predicted octanol–water partition coefficient (Wildman–Crippen LogP) is 1.47. The van der Waals surface area contributed by atoms with E-state index in [4.69, 9.17) is 0 Å². The van der Waals surface area contributed by atoms with Gasteiger partial charge in [0.15, 0.2) is 0 Å². The van der Waals surface area contributed by atoms with Gasteiger partial charge in [0.1, 0.15) is 0 Å². The lowest BCUT2D eigenvalue weighted by Gasteiger charge is -2.31. The average Bonchev–Trinajstić information content (AvgIpc) is 3.01. The summed E-state index contributed by atoms with van der Waals surface area (Å²) in [6.07, 6.45) is 1.09. The van der Waals surface area contributed by atoms with Crippen molar-refractivity contribution >= 4 is 5.69 Å². The minimum absolute atomic E-state index is 0.650. The molecule has 0 bridgehead atoms. The fourth-order valence-corrected chi connectivity index (χ4v) is 2.81. The first-order chi connectivity index (χ1) is 10.2. The molecule has 6 heteroatoms. The molecule has 0 unspecified atom stereocenters. The fourth-order valence-electron chi connectivity index (χ4n) is 2.81. The van der Waals surface area contributed by atoms with Gasteiger partial charge in [-0.05, 0) is 35.2 Å². The summed E-state index contributed by atoms with van der Waals surface area (Å²) in [5, 5.41) is 17.9. The highest BCUT2D eigenvalue weighted by molar-refractivity contribution is 5.75. The summed E-state index contributed by atoms with van der Waals surface area (Å²) in [4.78, 5) is 2.41. The Morgan fingerprint density at radius 2 is 2.05 bits per heavy atom. The highest BCUT2D eigenvalue weighted by atomic mass is 15.5. The molecule has 1 fully saturated rings. The minimum atomic E-state index is 0.650. The second kappa shape index (κ2) is 6.22. The summed E-state index contributed by atoms with van der Waals surface area (Å²) < 4.78 is 0. The first-order valence-electron chi connectivity index (χ1n) is 7.56. The Bertz CT molecular complexity index is 572. The molecule has 3 rings (SSSR count). The van der Waals surface area contributed by atoms with Crippen molar-refractivity contribution in [1.29, 1.82) is 0 Å². The molecule has 0 atom stereocenters. The van der Waals surface area contributed by atoms with Crippen molar-refractivity contribution in [3.05, 3.63) is 23.8 Å². The van der Waals surface area contributed by atoms with Gasteiger partial charge in [-0.15, -0.1) is 10.2 Å². The number of piperazine rings is 1. The van der Waals surface area contributed by atoms with Gasteiger partial charge >= 0.3 is 0 Å². The normalized spacial score (nSPS) is 15.7. The number of H-pyrrole nitrogens is 1. The van der Waals surface area contributed by atoms with Gasteiger partial charge < -0.3 is 10.2 Å². The maximum absolute atomic E-state index is 4.14. The van der Waals surface area contributed by atoms with E-state index in [1.54, 1.807) is 0 Å². The number of anilines is 1. The summed E-state index contributed by atoms with van der Waals surface area (Å²) >= 11 is 0. The van der Waals surface area contributed by atoms with Gasteiger partial charge in [-0.3, -0.25) is 0 Å². The zero-order valence-corrected chi connectivity index (χ0v) is 12.6. The lowest BCUT2D eigenvalue weighted by molar-refractivity contribution is 0.588. The molecule has 2 aromatic rings. The number of hydrogen-bond acceptors (Lipinski definition) is 5. The van der Waals surface area contributed by atoms with E-state index >= 15 is 0 Å². The molecule has 21 heavy (non-hydrogen) atoms. The quantitative estimate of drug-likeness (QED) is 0.891. The van der Waals surface area contributed by atoms with Gasteiger partial charge in [0.25, 0.3) is 0 Å². The third kappa shape index (κ3) is 3.21. The van der Waals surface area contributed by atoms with E-state index in [-0.39, 0.29) is 0 Å². The molecule has 0 aliphatic carbocycles. The predicted molar refractivity (Wildman–Crippen MR) is 83.2 cm³/mol. The summed E-state index contributed by atoms with van der Waals surface area (Å²) in [5.74, 6) is 1.32. The lowest BCUT2D eigenvalue weighted by atomic mass is 9.99. The average molecular weight is 286 g/mol. The van der Waals surface area contributed by atoms with Crippen LogP contribution < -0.4 is 10.2 Å². The Morgan fingerprint density at radius 1 is 1.24 bits per heavy atom. The molecule has 0 radical (unpaired) electrons. The van der Waals surface area contributed by atoms with E-state index in [0.717, 1.165) is 38.2 Å². The SMILES string of the molecule is CC(C)Cc1ccc(-c2nn[nH]n2)c(N2CCNCC2)c1. The van der Waals surface area contributed by atoms with Crippen molar-refractivity contribution in [1.82, 2.24) is 25.9 Å². The molecular weight excluding hydrogens is 264 g/mol. The standard InChI is InChI=1S/C15H22N6/c1-11(2)9-12-3-4-13(15-17-19-20-18-15)14(10-12)21-7-5-16-6-8-21/h3-4,10-11,16H,5-9H2,1-2H3,(H,17,18,19,20). The molecule has 2 N–H and O–H groups in total. The Kier molecular flexibility index (Phi) is 4.15. The van der Waals surface area contributed by atoms with E-state index in [2.05, 4.69) is 62.9 Å². The molecule has 1 aromatic carbocycles. The molecule has 112 valence electrons. The number of rotatable bonds is 4. The number of nitrogens with zero attached hydrogens (tertiary/aromatic N) is 4. The Hall–Kier alpha value is -1.95. The van der Waals surface area contributed by atoms with Crippen LogP contribution >= 0.6 is 0 Å². The van der Waals surface area contributed by atoms with Gasteiger partial charge in [-0.25, -0.2) is 0 Å². The van der Waals surface area contributed by atoms with Crippen LogP contribution in [0.2, 0.25) is 0 Å². The molecule has 2 heterocycles. The van der Waals surface area contributed by atoms with Crippen molar-refractivity contribution in [2.24, 2.45) is 5.92 Å². The van der Waals surface area contributed by atoms with Crippen molar-refractivity contribution in [3.8, 4) is 11.4 Å². The molecular formula is C15H22N6. The second-order valence-corrected chi connectivity index (χ2v) is 5.92. The van der Waals surface area contributed by atoms with Crippen LogP contribution in [0.3, 0.4) is 0 Å². The summed E-state index contributed by atoms with van der Waals surface area (Å²) in [5.41, 5.74) is 3.64. The zero-order valence-electron chi connectivity index (χ0n) is 12.6. The van der Waals surface area contributed by atoms with E-state index in [9.17, 15) is 0 Å². The fraction of sp³-hybridized carbons (Fsp3) is 0.533. The lowest BCUT2D eigenvalue weighted by Crippen LogP contribution is -2.43. The Balaban J connectivity index is 1.98. The van der Waals surface area contributed by atoms with E-state index < -0.39 is 0 Å². The highest BCUT2D eigenvalue weighted by Crippen LogP contribution is 2.30. The van der Waals surface area contributed by atoms with Crippen LogP contribution in [0.1, 0.15) is 19.4 Å². The third-order valence-electron chi connectivity index (χ3n) is 3.75. The zero-order chi connectivity index (χ0) is 14.7. The number of aromatic nitrogens is 4. The first kappa shape index (κ1) is 14.0. The first-order valence-corrected chi connectivity index (χ1v) is 7.56. The van der Waals surface area contributed by atoms with Crippen LogP contribution in [-0.4, -0.2) is 46.8 Å². The summed E-state index contributed by atoms with van der Waals surface area (Å²) in [6.45, 7) is 8.54. The van der Waals surface area contributed by atoms with Crippen molar-refractivity contribution < 1.29 is 0 Å². The maximum Gasteiger partial charge on any atom is 0.206 e. The third-order valence-corrected chi connectivity index (χ3v) is 3.75. The van der Waals surface area contributed by atoms with Crippen LogP contribution in [0.5, 0.6) is 0 Å². The van der Waals surface area contributed by atoms with E-state index in [1.807, 2.05) is 0 Å². The number of hydrogen-bond donors (Lipinski definition) is 2.